The highest BCUT2D eigenvalue weighted by Crippen LogP contribution is 2.39. The van der Waals surface area contributed by atoms with Gasteiger partial charge in [-0.25, -0.2) is 4.79 Å². The van der Waals surface area contributed by atoms with E-state index < -0.39 is 0 Å². The molecule has 6 nitrogen and oxygen atoms in total. The van der Waals surface area contributed by atoms with Gasteiger partial charge >= 0.3 is 6.03 Å². The number of nitrogens with zero attached hydrogens (tertiary/aromatic N) is 1. The van der Waals surface area contributed by atoms with E-state index in [4.69, 9.17) is 9.47 Å². The number of likely N-dealkylation sites (tertiary alicyclic amines) is 1. The summed E-state index contributed by atoms with van der Waals surface area (Å²) < 4.78 is 10.8. The lowest BCUT2D eigenvalue weighted by atomic mass is 10.0. The lowest BCUT2D eigenvalue weighted by Gasteiger charge is -2.27. The Balaban J connectivity index is 1.83. The van der Waals surface area contributed by atoms with Crippen molar-refractivity contribution in [3.8, 4) is 11.5 Å². The number of hydrogen-bond donors (Lipinski definition) is 1. The summed E-state index contributed by atoms with van der Waals surface area (Å²) in [6.07, 6.45) is 1.76. The van der Waals surface area contributed by atoms with Crippen LogP contribution in [0.3, 0.4) is 0 Å². The topological polar surface area (TPSA) is 67.9 Å². The molecular formula is C21H24N2O4. The van der Waals surface area contributed by atoms with Gasteiger partial charge in [0.25, 0.3) is 0 Å². The zero-order valence-corrected chi connectivity index (χ0v) is 15.8. The van der Waals surface area contributed by atoms with E-state index in [0.717, 1.165) is 29.9 Å². The summed E-state index contributed by atoms with van der Waals surface area (Å²) in [4.78, 5) is 26.3. The van der Waals surface area contributed by atoms with Gasteiger partial charge in [0.15, 0.2) is 5.78 Å². The Labute approximate surface area is 159 Å². The standard InChI is InChI=1S/C21H24N2O4/c1-14(24)15-6-4-7-16(12-15)22-21(25)23-11-5-8-19(23)18-13-17(26-2)9-10-20(18)27-3/h4,6-7,9-10,12-13,19H,5,8,11H2,1-3H3,(H,22,25). The summed E-state index contributed by atoms with van der Waals surface area (Å²) in [7, 11) is 3.24. The van der Waals surface area contributed by atoms with Gasteiger partial charge in [0, 0.05) is 23.4 Å². The molecule has 0 spiro atoms. The number of anilines is 1. The van der Waals surface area contributed by atoms with Crippen molar-refractivity contribution >= 4 is 17.5 Å². The van der Waals surface area contributed by atoms with Crippen LogP contribution in [0.15, 0.2) is 42.5 Å². The highest BCUT2D eigenvalue weighted by atomic mass is 16.5. The Morgan fingerprint density at radius 2 is 1.93 bits per heavy atom. The molecule has 27 heavy (non-hydrogen) atoms. The number of carbonyl (C=O) groups is 2. The van der Waals surface area contributed by atoms with Gasteiger partial charge in [0.1, 0.15) is 11.5 Å². The molecule has 2 aromatic rings. The maximum atomic E-state index is 12.9. The molecule has 1 atom stereocenters. The fraction of sp³-hybridized carbons (Fsp3) is 0.333. The molecule has 2 amide bonds. The first-order chi connectivity index (χ1) is 13.0. The van der Waals surface area contributed by atoms with Gasteiger partial charge in [0.2, 0.25) is 0 Å². The van der Waals surface area contributed by atoms with Crippen LogP contribution in [-0.4, -0.2) is 37.5 Å². The molecule has 1 unspecified atom stereocenters. The zero-order valence-electron chi connectivity index (χ0n) is 15.8. The van der Waals surface area contributed by atoms with Crippen LogP contribution in [-0.2, 0) is 0 Å². The minimum Gasteiger partial charge on any atom is -0.497 e. The first-order valence-electron chi connectivity index (χ1n) is 8.94. The summed E-state index contributed by atoms with van der Waals surface area (Å²) in [6, 6.07) is 12.3. The van der Waals surface area contributed by atoms with Crippen molar-refractivity contribution in [3.05, 3.63) is 53.6 Å². The molecule has 0 radical (unpaired) electrons. The molecule has 142 valence electrons. The largest absolute Gasteiger partial charge is 0.497 e. The van der Waals surface area contributed by atoms with Gasteiger partial charge in [0.05, 0.1) is 20.3 Å². The van der Waals surface area contributed by atoms with Gasteiger partial charge in [-0.3, -0.25) is 4.79 Å². The summed E-state index contributed by atoms with van der Waals surface area (Å²) >= 11 is 0. The van der Waals surface area contributed by atoms with Crippen LogP contribution < -0.4 is 14.8 Å². The second kappa shape index (κ2) is 8.12. The molecule has 1 saturated heterocycles. The van der Waals surface area contributed by atoms with Crippen molar-refractivity contribution in [1.29, 1.82) is 0 Å². The average molecular weight is 368 g/mol. The Hall–Kier alpha value is -3.02. The fourth-order valence-corrected chi connectivity index (χ4v) is 3.44. The van der Waals surface area contributed by atoms with Crippen LogP contribution in [0.25, 0.3) is 0 Å². The average Bonchev–Trinajstić information content (AvgIpc) is 3.17. The molecule has 0 bridgehead atoms. The van der Waals surface area contributed by atoms with E-state index in [1.807, 2.05) is 18.2 Å². The highest BCUT2D eigenvalue weighted by molar-refractivity contribution is 5.96. The summed E-state index contributed by atoms with van der Waals surface area (Å²) in [5, 5.41) is 2.91. The van der Waals surface area contributed by atoms with Crippen LogP contribution >= 0.6 is 0 Å². The third-order valence-corrected chi connectivity index (χ3v) is 4.83. The molecule has 3 rings (SSSR count). The molecule has 1 aliphatic heterocycles. The van der Waals surface area contributed by atoms with Gasteiger partial charge < -0.3 is 19.7 Å². The molecule has 2 aromatic carbocycles. The molecule has 0 aromatic heterocycles. The summed E-state index contributed by atoms with van der Waals surface area (Å²) in [6.45, 7) is 2.16. The maximum Gasteiger partial charge on any atom is 0.322 e. The van der Waals surface area contributed by atoms with Gasteiger partial charge in [-0.1, -0.05) is 12.1 Å². The Morgan fingerprint density at radius 1 is 1.11 bits per heavy atom. The number of benzene rings is 2. The first kappa shape index (κ1) is 18.8. The number of hydrogen-bond acceptors (Lipinski definition) is 4. The Kier molecular flexibility index (Phi) is 5.64. The maximum absolute atomic E-state index is 12.9. The molecule has 0 aliphatic carbocycles. The second-order valence-electron chi connectivity index (χ2n) is 6.53. The van der Waals surface area contributed by atoms with E-state index in [-0.39, 0.29) is 17.9 Å². The van der Waals surface area contributed by atoms with Crippen molar-refractivity contribution in [2.24, 2.45) is 0 Å². The van der Waals surface area contributed by atoms with Crippen molar-refractivity contribution in [1.82, 2.24) is 4.90 Å². The number of urea groups is 1. The number of nitrogens with one attached hydrogen (secondary N) is 1. The molecule has 1 heterocycles. The SMILES string of the molecule is COc1ccc(OC)c(C2CCCN2C(=O)Nc2cccc(C(C)=O)c2)c1. The van der Waals surface area contributed by atoms with E-state index in [2.05, 4.69) is 5.32 Å². The molecule has 0 saturated carbocycles. The minimum absolute atomic E-state index is 0.0359. The third kappa shape index (κ3) is 4.05. The van der Waals surface area contributed by atoms with Gasteiger partial charge in [-0.15, -0.1) is 0 Å². The minimum atomic E-state index is -0.192. The monoisotopic (exact) mass is 368 g/mol. The molecule has 1 fully saturated rings. The normalized spacial score (nSPS) is 16.1. The second-order valence-corrected chi connectivity index (χ2v) is 6.53. The van der Waals surface area contributed by atoms with Crippen molar-refractivity contribution in [2.45, 2.75) is 25.8 Å². The van der Waals surface area contributed by atoms with Crippen molar-refractivity contribution in [3.63, 3.8) is 0 Å². The van der Waals surface area contributed by atoms with E-state index in [9.17, 15) is 9.59 Å². The molecule has 1 aliphatic rings. The lowest BCUT2D eigenvalue weighted by molar-refractivity contribution is 0.101. The summed E-state index contributed by atoms with van der Waals surface area (Å²) in [5.74, 6) is 1.43. The van der Waals surface area contributed by atoms with Crippen LogP contribution in [0.1, 0.15) is 41.7 Å². The van der Waals surface area contributed by atoms with E-state index in [0.29, 0.717) is 17.8 Å². The van der Waals surface area contributed by atoms with E-state index >= 15 is 0 Å². The Morgan fingerprint density at radius 3 is 2.63 bits per heavy atom. The van der Waals surface area contributed by atoms with E-state index in [1.165, 1.54) is 6.92 Å². The smallest absolute Gasteiger partial charge is 0.322 e. The number of rotatable bonds is 5. The Bertz CT molecular complexity index is 850. The highest BCUT2D eigenvalue weighted by Gasteiger charge is 2.32. The number of carbonyl (C=O) groups excluding carboxylic acids is 2. The van der Waals surface area contributed by atoms with Crippen LogP contribution in [0.2, 0.25) is 0 Å². The van der Waals surface area contributed by atoms with Crippen molar-refractivity contribution in [2.75, 3.05) is 26.1 Å². The molecule has 6 heteroatoms. The number of methoxy groups -OCH3 is 2. The fourth-order valence-electron chi connectivity index (χ4n) is 3.44. The van der Waals surface area contributed by atoms with Gasteiger partial charge in [-0.2, -0.15) is 0 Å². The van der Waals surface area contributed by atoms with Crippen LogP contribution in [0, 0.1) is 0 Å². The van der Waals surface area contributed by atoms with Crippen LogP contribution in [0.5, 0.6) is 11.5 Å². The number of amides is 2. The zero-order chi connectivity index (χ0) is 19.4. The number of ether oxygens (including phenoxy) is 2. The van der Waals surface area contributed by atoms with Crippen molar-refractivity contribution < 1.29 is 19.1 Å². The number of ketones is 1. The lowest BCUT2D eigenvalue weighted by Crippen LogP contribution is -2.34. The predicted octanol–water partition coefficient (Wildman–Crippen LogP) is 4.28. The first-order valence-corrected chi connectivity index (χ1v) is 8.94. The third-order valence-electron chi connectivity index (χ3n) is 4.83. The van der Waals surface area contributed by atoms with Crippen LogP contribution in [0.4, 0.5) is 10.5 Å². The quantitative estimate of drug-likeness (QED) is 0.800. The molecular weight excluding hydrogens is 344 g/mol. The van der Waals surface area contributed by atoms with Gasteiger partial charge in [-0.05, 0) is 50.1 Å². The predicted molar refractivity (Wildman–Crippen MR) is 104 cm³/mol. The van der Waals surface area contributed by atoms with E-state index in [1.54, 1.807) is 43.4 Å². The molecule has 1 N–H and O–H groups in total. The summed E-state index contributed by atoms with van der Waals surface area (Å²) in [5.41, 5.74) is 2.11. The number of Topliss-reactive ketones (excluding diaryl/α,β-unsaturated/α-hetero) is 1.